The molecule has 1 aliphatic heterocycles. The normalized spacial score (nSPS) is 25.6. The van der Waals surface area contributed by atoms with Crippen LogP contribution in [0.4, 0.5) is 0 Å². The van der Waals surface area contributed by atoms with Gasteiger partial charge in [-0.05, 0) is 18.8 Å². The highest BCUT2D eigenvalue weighted by atomic mass is 32.2. The van der Waals surface area contributed by atoms with Gasteiger partial charge in [0.15, 0.2) is 0 Å². The Morgan fingerprint density at radius 1 is 1.50 bits per heavy atom. The van der Waals surface area contributed by atoms with E-state index >= 15 is 0 Å². The van der Waals surface area contributed by atoms with Crippen molar-refractivity contribution in [3.05, 3.63) is 12.7 Å². The number of hydrogen-bond acceptors (Lipinski definition) is 3. The molecule has 2 atom stereocenters. The van der Waals surface area contributed by atoms with E-state index in [-0.39, 0.29) is 0 Å². The van der Waals surface area contributed by atoms with Gasteiger partial charge in [-0.25, -0.2) is 0 Å². The summed E-state index contributed by atoms with van der Waals surface area (Å²) in [6.45, 7) is 14.3. The van der Waals surface area contributed by atoms with E-state index in [0.29, 0.717) is 6.04 Å². The summed E-state index contributed by atoms with van der Waals surface area (Å²) in [6, 6.07) is 1.43. The molecule has 0 aromatic rings. The molecule has 1 saturated heterocycles. The third-order valence-electron chi connectivity index (χ3n) is 3.60. The van der Waals surface area contributed by atoms with Crippen LogP contribution in [0.5, 0.6) is 0 Å². The molecule has 106 valence electrons. The lowest BCUT2D eigenvalue weighted by atomic mass is 9.99. The predicted molar refractivity (Wildman–Crippen MR) is 84.4 cm³/mol. The van der Waals surface area contributed by atoms with Crippen molar-refractivity contribution in [2.24, 2.45) is 5.92 Å². The molecule has 0 aliphatic carbocycles. The molecule has 0 bridgehead atoms. The first-order chi connectivity index (χ1) is 8.67. The maximum atomic E-state index is 3.78. The molecule has 1 fully saturated rings. The fourth-order valence-corrected chi connectivity index (χ4v) is 3.38. The Hall–Kier alpha value is 0.01000. The average Bonchev–Trinajstić information content (AvgIpc) is 2.34. The van der Waals surface area contributed by atoms with Gasteiger partial charge in [0.1, 0.15) is 0 Å². The summed E-state index contributed by atoms with van der Waals surface area (Å²) in [5.74, 6) is 3.10. The Labute approximate surface area is 118 Å². The molecule has 2 unspecified atom stereocenters. The minimum Gasteiger partial charge on any atom is -0.311 e. The van der Waals surface area contributed by atoms with Crippen LogP contribution in [-0.2, 0) is 0 Å². The Kier molecular flexibility index (Phi) is 8.03. The van der Waals surface area contributed by atoms with Gasteiger partial charge in [0, 0.05) is 43.2 Å². The topological polar surface area (TPSA) is 15.3 Å². The van der Waals surface area contributed by atoms with Crippen LogP contribution in [-0.4, -0.2) is 48.1 Å². The first-order valence-electron chi connectivity index (χ1n) is 7.33. The second kappa shape index (κ2) is 9.00. The van der Waals surface area contributed by atoms with E-state index in [1.807, 2.05) is 17.8 Å². The molecule has 1 rings (SSSR count). The van der Waals surface area contributed by atoms with Gasteiger partial charge in [0.05, 0.1) is 0 Å². The van der Waals surface area contributed by atoms with E-state index < -0.39 is 0 Å². The molecule has 1 N–H and O–H groups in total. The van der Waals surface area contributed by atoms with Crippen molar-refractivity contribution in [2.45, 2.75) is 45.7 Å². The highest BCUT2D eigenvalue weighted by Gasteiger charge is 2.26. The molecule has 0 saturated carbocycles. The molecular weight excluding hydrogens is 240 g/mol. The first-order valence-corrected chi connectivity index (χ1v) is 8.48. The summed E-state index contributed by atoms with van der Waals surface area (Å²) in [7, 11) is 0. The quantitative estimate of drug-likeness (QED) is 0.539. The van der Waals surface area contributed by atoms with E-state index in [1.165, 1.54) is 38.2 Å². The molecular formula is C15H30N2S. The number of hydrogen-bond donors (Lipinski definition) is 1. The molecule has 1 aliphatic rings. The summed E-state index contributed by atoms with van der Waals surface area (Å²) in [5.41, 5.74) is 0. The van der Waals surface area contributed by atoms with Crippen LogP contribution < -0.4 is 5.32 Å². The number of nitrogens with zero attached hydrogens (tertiary/aromatic N) is 1. The van der Waals surface area contributed by atoms with Crippen molar-refractivity contribution in [2.75, 3.05) is 31.1 Å². The van der Waals surface area contributed by atoms with E-state index in [0.717, 1.165) is 17.7 Å². The van der Waals surface area contributed by atoms with Crippen molar-refractivity contribution in [3.63, 3.8) is 0 Å². The summed E-state index contributed by atoms with van der Waals surface area (Å²) in [4.78, 5) is 2.69. The van der Waals surface area contributed by atoms with Gasteiger partial charge >= 0.3 is 0 Å². The minimum atomic E-state index is 0.692. The fraction of sp³-hybridized carbons (Fsp3) is 0.867. The van der Waals surface area contributed by atoms with Gasteiger partial charge in [-0.3, -0.25) is 4.90 Å². The van der Waals surface area contributed by atoms with Crippen molar-refractivity contribution in [1.29, 1.82) is 0 Å². The molecule has 0 radical (unpaired) electrons. The third-order valence-corrected chi connectivity index (χ3v) is 4.54. The lowest BCUT2D eigenvalue weighted by Gasteiger charge is -2.40. The fourth-order valence-electron chi connectivity index (χ4n) is 2.68. The Morgan fingerprint density at radius 2 is 2.28 bits per heavy atom. The monoisotopic (exact) mass is 270 g/mol. The van der Waals surface area contributed by atoms with Crippen LogP contribution in [0.25, 0.3) is 0 Å². The van der Waals surface area contributed by atoms with Gasteiger partial charge < -0.3 is 5.32 Å². The van der Waals surface area contributed by atoms with Crippen LogP contribution in [0, 0.1) is 5.92 Å². The Morgan fingerprint density at radius 3 is 2.89 bits per heavy atom. The van der Waals surface area contributed by atoms with Crippen molar-refractivity contribution in [3.8, 4) is 0 Å². The molecule has 0 spiro atoms. The molecule has 3 heteroatoms. The maximum absolute atomic E-state index is 3.78. The van der Waals surface area contributed by atoms with E-state index in [1.54, 1.807) is 0 Å². The molecule has 0 aromatic carbocycles. The molecule has 18 heavy (non-hydrogen) atoms. The van der Waals surface area contributed by atoms with Crippen LogP contribution in [0.2, 0.25) is 0 Å². The Balaban J connectivity index is 2.35. The number of piperazine rings is 1. The molecule has 0 aromatic heterocycles. The van der Waals surface area contributed by atoms with Crippen molar-refractivity contribution >= 4 is 11.8 Å². The lowest BCUT2D eigenvalue weighted by Crippen LogP contribution is -2.57. The molecule has 0 amide bonds. The van der Waals surface area contributed by atoms with Gasteiger partial charge in [-0.2, -0.15) is 11.8 Å². The zero-order valence-corrected chi connectivity index (χ0v) is 13.1. The highest BCUT2D eigenvalue weighted by Crippen LogP contribution is 2.16. The number of thioether (sulfide) groups is 1. The van der Waals surface area contributed by atoms with Gasteiger partial charge in [-0.1, -0.05) is 26.8 Å². The molecule has 2 nitrogen and oxygen atoms in total. The first kappa shape index (κ1) is 16.1. The Bertz CT molecular complexity index is 231. The third kappa shape index (κ3) is 5.77. The van der Waals surface area contributed by atoms with Crippen molar-refractivity contribution in [1.82, 2.24) is 10.2 Å². The number of rotatable bonds is 8. The van der Waals surface area contributed by atoms with Crippen LogP contribution in [0.1, 0.15) is 33.6 Å². The predicted octanol–water partition coefficient (Wildman–Crippen LogP) is 3.00. The highest BCUT2D eigenvalue weighted by molar-refractivity contribution is 7.99. The summed E-state index contributed by atoms with van der Waals surface area (Å²) in [5, 5.41) is 3.72. The van der Waals surface area contributed by atoms with Crippen LogP contribution >= 0.6 is 11.8 Å². The largest absolute Gasteiger partial charge is 0.311 e. The molecule has 1 heterocycles. The van der Waals surface area contributed by atoms with Crippen LogP contribution in [0.15, 0.2) is 12.7 Å². The summed E-state index contributed by atoms with van der Waals surface area (Å²) in [6.07, 6.45) is 4.56. The van der Waals surface area contributed by atoms with E-state index in [4.69, 9.17) is 0 Å². The van der Waals surface area contributed by atoms with Gasteiger partial charge in [0.25, 0.3) is 0 Å². The van der Waals surface area contributed by atoms with Crippen LogP contribution in [0.3, 0.4) is 0 Å². The maximum Gasteiger partial charge on any atom is 0.0219 e. The standard InChI is InChI=1S/C15H30N2S/c1-5-8-18-9-7-17-12-14(10-13(3)4)16-11-15(17)6-2/h5,13-16H,1,6-12H2,2-4H3. The SMILES string of the molecule is C=CCSCCN1CC(CC(C)C)NCC1CC. The zero-order chi connectivity index (χ0) is 13.4. The van der Waals surface area contributed by atoms with Gasteiger partial charge in [0.2, 0.25) is 0 Å². The van der Waals surface area contributed by atoms with Gasteiger partial charge in [-0.15, -0.1) is 6.58 Å². The summed E-state index contributed by atoms with van der Waals surface area (Å²) >= 11 is 1.99. The second-order valence-electron chi connectivity index (χ2n) is 5.66. The lowest BCUT2D eigenvalue weighted by molar-refractivity contribution is 0.126. The van der Waals surface area contributed by atoms with E-state index in [9.17, 15) is 0 Å². The summed E-state index contributed by atoms with van der Waals surface area (Å²) < 4.78 is 0. The average molecular weight is 270 g/mol. The van der Waals surface area contributed by atoms with Crippen molar-refractivity contribution < 1.29 is 0 Å². The smallest absolute Gasteiger partial charge is 0.0219 e. The minimum absolute atomic E-state index is 0.692. The van der Waals surface area contributed by atoms with E-state index in [2.05, 4.69) is 37.6 Å². The zero-order valence-electron chi connectivity index (χ0n) is 12.3. The second-order valence-corrected chi connectivity index (χ2v) is 6.81. The number of nitrogens with one attached hydrogen (secondary N) is 1.